The number of nitro benzene ring substituents is 1. The number of nitrogens with zero attached hydrogens (tertiary/aromatic N) is 1. The van der Waals surface area contributed by atoms with Crippen LogP contribution in [0.25, 0.3) is 0 Å². The van der Waals surface area contributed by atoms with Gasteiger partial charge in [-0.15, -0.1) is 0 Å². The van der Waals surface area contributed by atoms with E-state index in [0.717, 1.165) is 24.8 Å². The second-order valence-electron chi connectivity index (χ2n) is 4.93. The van der Waals surface area contributed by atoms with Crippen LogP contribution < -0.4 is 5.73 Å². The van der Waals surface area contributed by atoms with Gasteiger partial charge in [-0.1, -0.05) is 12.5 Å². The standard InChI is InChI=1S/C13H18N2O2/c1-10-9-11(3-4-12(10)15(16)17)13(7-8-14)5-2-6-13/h3-4,9H,2,5-8,14H2,1H3. The summed E-state index contributed by atoms with van der Waals surface area (Å²) >= 11 is 0. The fourth-order valence-electron chi connectivity index (χ4n) is 2.75. The average molecular weight is 234 g/mol. The molecule has 1 saturated carbocycles. The van der Waals surface area contributed by atoms with Crippen LogP contribution >= 0.6 is 0 Å². The molecule has 0 spiro atoms. The van der Waals surface area contributed by atoms with Crippen LogP contribution in [-0.2, 0) is 5.41 Å². The minimum atomic E-state index is -0.324. The van der Waals surface area contributed by atoms with Gasteiger partial charge in [0.15, 0.2) is 0 Å². The van der Waals surface area contributed by atoms with E-state index in [2.05, 4.69) is 0 Å². The maximum atomic E-state index is 10.8. The van der Waals surface area contributed by atoms with Crippen LogP contribution in [0.2, 0.25) is 0 Å². The van der Waals surface area contributed by atoms with Gasteiger partial charge in [0.05, 0.1) is 4.92 Å². The Hall–Kier alpha value is -1.42. The molecule has 0 heterocycles. The second-order valence-corrected chi connectivity index (χ2v) is 4.93. The van der Waals surface area contributed by atoms with Crippen molar-refractivity contribution >= 4 is 5.69 Å². The first kappa shape index (κ1) is 12.0. The molecule has 4 heteroatoms. The highest BCUT2D eigenvalue weighted by Gasteiger charge is 2.38. The Labute approximate surface area is 101 Å². The van der Waals surface area contributed by atoms with Crippen molar-refractivity contribution in [1.29, 1.82) is 0 Å². The average Bonchev–Trinajstić information content (AvgIpc) is 2.22. The number of nitrogens with two attached hydrogens (primary N) is 1. The van der Waals surface area contributed by atoms with Gasteiger partial charge in [0.2, 0.25) is 0 Å². The van der Waals surface area contributed by atoms with Crippen molar-refractivity contribution in [2.24, 2.45) is 5.73 Å². The van der Waals surface area contributed by atoms with Gasteiger partial charge >= 0.3 is 0 Å². The first-order valence-electron chi connectivity index (χ1n) is 6.05. The summed E-state index contributed by atoms with van der Waals surface area (Å²) in [5, 5.41) is 10.8. The molecule has 4 nitrogen and oxygen atoms in total. The van der Waals surface area contributed by atoms with Crippen molar-refractivity contribution in [3.05, 3.63) is 39.4 Å². The minimum absolute atomic E-state index is 0.189. The van der Waals surface area contributed by atoms with Crippen molar-refractivity contribution in [3.63, 3.8) is 0 Å². The molecule has 0 amide bonds. The highest BCUT2D eigenvalue weighted by molar-refractivity contribution is 5.44. The molecule has 2 rings (SSSR count). The third-order valence-electron chi connectivity index (χ3n) is 3.94. The molecule has 0 bridgehead atoms. The van der Waals surface area contributed by atoms with E-state index < -0.39 is 0 Å². The van der Waals surface area contributed by atoms with E-state index in [9.17, 15) is 10.1 Å². The van der Waals surface area contributed by atoms with E-state index in [0.29, 0.717) is 6.54 Å². The summed E-state index contributed by atoms with van der Waals surface area (Å²) in [4.78, 5) is 10.5. The molecule has 1 aliphatic carbocycles. The van der Waals surface area contributed by atoms with Gasteiger partial charge in [0.25, 0.3) is 5.69 Å². The number of nitro groups is 1. The molecule has 1 fully saturated rings. The molecule has 0 aromatic heterocycles. The van der Waals surface area contributed by atoms with Gasteiger partial charge in [-0.2, -0.15) is 0 Å². The van der Waals surface area contributed by atoms with Gasteiger partial charge < -0.3 is 5.73 Å². The monoisotopic (exact) mass is 234 g/mol. The van der Waals surface area contributed by atoms with Crippen LogP contribution in [0.5, 0.6) is 0 Å². The van der Waals surface area contributed by atoms with E-state index in [1.54, 1.807) is 13.0 Å². The molecule has 2 N–H and O–H groups in total. The normalized spacial score (nSPS) is 17.5. The Morgan fingerprint density at radius 2 is 2.18 bits per heavy atom. The van der Waals surface area contributed by atoms with Crippen LogP contribution in [0.15, 0.2) is 18.2 Å². The van der Waals surface area contributed by atoms with E-state index in [1.807, 2.05) is 12.1 Å². The van der Waals surface area contributed by atoms with E-state index in [1.165, 1.54) is 12.0 Å². The van der Waals surface area contributed by atoms with Gasteiger partial charge in [0, 0.05) is 11.6 Å². The minimum Gasteiger partial charge on any atom is -0.330 e. The lowest BCUT2D eigenvalue weighted by Gasteiger charge is -2.42. The predicted molar refractivity (Wildman–Crippen MR) is 67.0 cm³/mol. The third kappa shape index (κ3) is 2.05. The summed E-state index contributed by atoms with van der Waals surface area (Å²) in [5.41, 5.74) is 8.03. The largest absolute Gasteiger partial charge is 0.330 e. The number of benzene rings is 1. The number of hydrogen-bond donors (Lipinski definition) is 1. The first-order valence-corrected chi connectivity index (χ1v) is 6.05. The number of aryl methyl sites for hydroxylation is 1. The quantitative estimate of drug-likeness (QED) is 0.643. The van der Waals surface area contributed by atoms with Gasteiger partial charge in [-0.05, 0) is 49.8 Å². The van der Waals surface area contributed by atoms with Crippen LogP contribution in [0.4, 0.5) is 5.69 Å². The highest BCUT2D eigenvalue weighted by atomic mass is 16.6. The summed E-state index contributed by atoms with van der Waals surface area (Å²) in [6, 6.07) is 5.49. The zero-order valence-electron chi connectivity index (χ0n) is 10.1. The third-order valence-corrected chi connectivity index (χ3v) is 3.94. The molecule has 0 saturated heterocycles. The zero-order valence-corrected chi connectivity index (χ0v) is 10.1. The van der Waals surface area contributed by atoms with Crippen molar-refractivity contribution in [3.8, 4) is 0 Å². The maximum absolute atomic E-state index is 10.8. The molecule has 0 aliphatic heterocycles. The molecule has 1 aromatic rings. The molecule has 1 aromatic carbocycles. The van der Waals surface area contributed by atoms with Crippen LogP contribution in [-0.4, -0.2) is 11.5 Å². The van der Waals surface area contributed by atoms with E-state index in [-0.39, 0.29) is 16.0 Å². The molecule has 92 valence electrons. The molecule has 0 atom stereocenters. The summed E-state index contributed by atoms with van der Waals surface area (Å²) in [6.07, 6.45) is 4.52. The van der Waals surface area contributed by atoms with Crippen LogP contribution in [0, 0.1) is 17.0 Å². The fourth-order valence-corrected chi connectivity index (χ4v) is 2.75. The molecule has 1 aliphatic rings. The Balaban J connectivity index is 2.33. The first-order chi connectivity index (χ1) is 8.09. The summed E-state index contributed by atoms with van der Waals surface area (Å²) in [6.45, 7) is 2.48. The Bertz CT molecular complexity index is 439. The van der Waals surface area contributed by atoms with Gasteiger partial charge in [0.1, 0.15) is 0 Å². The molecule has 17 heavy (non-hydrogen) atoms. The summed E-state index contributed by atoms with van der Waals surface area (Å²) < 4.78 is 0. The van der Waals surface area contributed by atoms with E-state index >= 15 is 0 Å². The predicted octanol–water partition coefficient (Wildman–Crippen LogP) is 2.67. The molecular weight excluding hydrogens is 216 g/mol. The van der Waals surface area contributed by atoms with Crippen LogP contribution in [0.1, 0.15) is 36.8 Å². The van der Waals surface area contributed by atoms with Crippen molar-refractivity contribution in [2.45, 2.75) is 38.0 Å². The maximum Gasteiger partial charge on any atom is 0.272 e. The lowest BCUT2D eigenvalue weighted by molar-refractivity contribution is -0.385. The molecular formula is C13H18N2O2. The lowest BCUT2D eigenvalue weighted by atomic mass is 9.62. The highest BCUT2D eigenvalue weighted by Crippen LogP contribution is 2.46. The topological polar surface area (TPSA) is 69.2 Å². The zero-order chi connectivity index (χ0) is 12.5. The van der Waals surface area contributed by atoms with Crippen molar-refractivity contribution in [1.82, 2.24) is 0 Å². The smallest absolute Gasteiger partial charge is 0.272 e. The Morgan fingerprint density at radius 3 is 2.59 bits per heavy atom. The molecule has 0 unspecified atom stereocenters. The Kier molecular flexibility index (Phi) is 3.15. The Morgan fingerprint density at radius 1 is 1.47 bits per heavy atom. The van der Waals surface area contributed by atoms with Gasteiger partial charge in [-0.3, -0.25) is 10.1 Å². The van der Waals surface area contributed by atoms with Crippen molar-refractivity contribution in [2.75, 3.05) is 6.54 Å². The summed E-state index contributed by atoms with van der Waals surface area (Å²) in [7, 11) is 0. The summed E-state index contributed by atoms with van der Waals surface area (Å²) in [5.74, 6) is 0. The number of rotatable bonds is 4. The second kappa shape index (κ2) is 4.45. The van der Waals surface area contributed by atoms with Crippen LogP contribution in [0.3, 0.4) is 0 Å². The molecule has 0 radical (unpaired) electrons. The van der Waals surface area contributed by atoms with Crippen molar-refractivity contribution < 1.29 is 4.92 Å². The number of hydrogen-bond acceptors (Lipinski definition) is 3. The van der Waals surface area contributed by atoms with Gasteiger partial charge in [-0.25, -0.2) is 0 Å². The van der Waals surface area contributed by atoms with E-state index in [4.69, 9.17) is 5.73 Å². The lowest BCUT2D eigenvalue weighted by Crippen LogP contribution is -2.36. The fraction of sp³-hybridized carbons (Fsp3) is 0.538. The SMILES string of the molecule is Cc1cc(C2(CCN)CCC2)ccc1[N+](=O)[O-].